The van der Waals surface area contributed by atoms with Crippen molar-refractivity contribution < 1.29 is 14.2 Å². The van der Waals surface area contributed by atoms with E-state index in [-0.39, 0.29) is 18.4 Å². The van der Waals surface area contributed by atoms with Crippen LogP contribution in [0.15, 0.2) is 6.20 Å². The van der Waals surface area contributed by atoms with Gasteiger partial charge in [-0.15, -0.1) is 0 Å². The molecule has 7 nitrogen and oxygen atoms in total. The summed E-state index contributed by atoms with van der Waals surface area (Å²) < 4.78 is 18.8. The molecule has 2 rings (SSSR count). The molecule has 0 unspecified atom stereocenters. The van der Waals surface area contributed by atoms with Crippen molar-refractivity contribution in [3.63, 3.8) is 0 Å². The quantitative estimate of drug-likeness (QED) is 0.439. The third kappa shape index (κ3) is 2.66. The minimum Gasteiger partial charge on any atom is -0.394 e. The zero-order chi connectivity index (χ0) is 13.0. The van der Waals surface area contributed by atoms with Crippen molar-refractivity contribution in [2.45, 2.75) is 18.4 Å². The van der Waals surface area contributed by atoms with Crippen LogP contribution in [0.1, 0.15) is 12.8 Å². The third-order valence-electron chi connectivity index (χ3n) is 3.01. The summed E-state index contributed by atoms with van der Waals surface area (Å²) in [7, 11) is 0. The van der Waals surface area contributed by atoms with Gasteiger partial charge in [-0.3, -0.25) is 5.43 Å². The van der Waals surface area contributed by atoms with Crippen LogP contribution in [0.3, 0.4) is 0 Å². The van der Waals surface area contributed by atoms with Crippen molar-refractivity contribution in [3.05, 3.63) is 12.0 Å². The molecule has 1 fully saturated rings. The topological polar surface area (TPSA) is 105 Å². The van der Waals surface area contributed by atoms with Crippen LogP contribution in [0.2, 0.25) is 0 Å². The SMILES string of the molecule is NNc1ncc(F)c(NC2(CO)CCOCC2)n1. The van der Waals surface area contributed by atoms with E-state index in [1.807, 2.05) is 0 Å². The number of nitrogens with zero attached hydrogens (tertiary/aromatic N) is 2. The van der Waals surface area contributed by atoms with Crippen molar-refractivity contribution in [3.8, 4) is 0 Å². The number of hydrazine groups is 1. The number of nitrogens with one attached hydrogen (secondary N) is 2. The first-order chi connectivity index (χ1) is 8.69. The van der Waals surface area contributed by atoms with Crippen LogP contribution in [0.5, 0.6) is 0 Å². The van der Waals surface area contributed by atoms with Gasteiger partial charge in [0.05, 0.1) is 18.3 Å². The van der Waals surface area contributed by atoms with Crippen molar-refractivity contribution in [2.75, 3.05) is 30.6 Å². The summed E-state index contributed by atoms with van der Waals surface area (Å²) in [6, 6.07) is 0. The highest BCUT2D eigenvalue weighted by atomic mass is 19.1. The van der Waals surface area contributed by atoms with Crippen molar-refractivity contribution in [1.82, 2.24) is 9.97 Å². The largest absolute Gasteiger partial charge is 0.394 e. The van der Waals surface area contributed by atoms with E-state index in [4.69, 9.17) is 10.6 Å². The standard InChI is InChI=1S/C10H16FN5O2/c11-7-5-13-9(16-12)14-8(7)15-10(6-17)1-3-18-4-2-10/h5,17H,1-4,6,12H2,(H2,13,14,15,16). The van der Waals surface area contributed by atoms with Gasteiger partial charge in [0.15, 0.2) is 11.6 Å². The minimum atomic E-state index is -0.612. The van der Waals surface area contributed by atoms with Gasteiger partial charge in [-0.05, 0) is 12.8 Å². The summed E-state index contributed by atoms with van der Waals surface area (Å²) in [4.78, 5) is 7.54. The lowest BCUT2D eigenvalue weighted by Crippen LogP contribution is -2.47. The molecule has 1 aliphatic rings. The normalized spacial score (nSPS) is 18.4. The van der Waals surface area contributed by atoms with Crippen LogP contribution < -0.4 is 16.6 Å². The zero-order valence-corrected chi connectivity index (χ0v) is 9.82. The Kier molecular flexibility index (Phi) is 3.90. The first-order valence-electron chi connectivity index (χ1n) is 5.65. The van der Waals surface area contributed by atoms with E-state index in [9.17, 15) is 9.50 Å². The van der Waals surface area contributed by atoms with Gasteiger partial charge in [-0.1, -0.05) is 0 Å². The molecule has 0 aliphatic carbocycles. The second kappa shape index (κ2) is 5.42. The molecule has 1 saturated heterocycles. The molecule has 1 aromatic rings. The molecular formula is C10H16FN5O2. The van der Waals surface area contributed by atoms with Crippen LogP contribution in [0, 0.1) is 5.82 Å². The highest BCUT2D eigenvalue weighted by Crippen LogP contribution is 2.26. The van der Waals surface area contributed by atoms with E-state index >= 15 is 0 Å². The Morgan fingerprint density at radius 3 is 2.83 bits per heavy atom. The molecule has 8 heteroatoms. The van der Waals surface area contributed by atoms with Crippen LogP contribution in [0.25, 0.3) is 0 Å². The number of hydrogen-bond acceptors (Lipinski definition) is 7. The Bertz CT molecular complexity index is 411. The summed E-state index contributed by atoms with van der Waals surface area (Å²) in [6.07, 6.45) is 2.19. The fourth-order valence-corrected chi connectivity index (χ4v) is 1.86. The van der Waals surface area contributed by atoms with Crippen molar-refractivity contribution >= 4 is 11.8 Å². The Balaban J connectivity index is 2.20. The van der Waals surface area contributed by atoms with Gasteiger partial charge in [-0.25, -0.2) is 15.2 Å². The number of nitrogen functional groups attached to an aromatic ring is 1. The predicted molar refractivity (Wildman–Crippen MR) is 63.3 cm³/mol. The average Bonchev–Trinajstić information content (AvgIpc) is 2.42. The first-order valence-corrected chi connectivity index (χ1v) is 5.65. The van der Waals surface area contributed by atoms with E-state index in [0.717, 1.165) is 6.20 Å². The summed E-state index contributed by atoms with van der Waals surface area (Å²) >= 11 is 0. The maximum Gasteiger partial charge on any atom is 0.239 e. The number of anilines is 2. The van der Waals surface area contributed by atoms with Crippen LogP contribution >= 0.6 is 0 Å². The van der Waals surface area contributed by atoms with Gasteiger partial charge in [-0.2, -0.15) is 4.98 Å². The van der Waals surface area contributed by atoms with Crippen molar-refractivity contribution in [1.29, 1.82) is 0 Å². The fraction of sp³-hybridized carbons (Fsp3) is 0.600. The lowest BCUT2D eigenvalue weighted by molar-refractivity contribution is 0.0377. The fourth-order valence-electron chi connectivity index (χ4n) is 1.86. The van der Waals surface area contributed by atoms with Crippen molar-refractivity contribution in [2.24, 2.45) is 5.84 Å². The molecule has 1 aliphatic heterocycles. The Labute approximate surface area is 104 Å². The molecule has 2 heterocycles. The Hall–Kier alpha value is -1.51. The van der Waals surface area contributed by atoms with Gasteiger partial charge in [0.25, 0.3) is 0 Å². The summed E-state index contributed by atoms with van der Waals surface area (Å²) in [5, 5.41) is 12.4. The number of nitrogens with two attached hydrogens (primary N) is 1. The molecule has 0 atom stereocenters. The summed E-state index contributed by atoms with van der Waals surface area (Å²) in [5.41, 5.74) is 1.63. The number of ether oxygens (including phenoxy) is 1. The second-order valence-corrected chi connectivity index (χ2v) is 4.21. The van der Waals surface area contributed by atoms with Gasteiger partial charge >= 0.3 is 0 Å². The minimum absolute atomic E-state index is 0.0221. The smallest absolute Gasteiger partial charge is 0.239 e. The number of rotatable bonds is 4. The lowest BCUT2D eigenvalue weighted by Gasteiger charge is -2.36. The summed E-state index contributed by atoms with van der Waals surface area (Å²) in [6.45, 7) is 0.912. The molecule has 18 heavy (non-hydrogen) atoms. The number of aliphatic hydroxyl groups is 1. The molecule has 0 spiro atoms. The predicted octanol–water partition coefficient (Wildman–Crippen LogP) is -0.145. The van der Waals surface area contributed by atoms with Gasteiger partial charge < -0.3 is 15.2 Å². The number of halogens is 1. The van der Waals surface area contributed by atoms with Crippen LogP contribution in [0.4, 0.5) is 16.2 Å². The molecule has 0 radical (unpaired) electrons. The second-order valence-electron chi connectivity index (χ2n) is 4.21. The van der Waals surface area contributed by atoms with E-state index < -0.39 is 11.4 Å². The molecule has 0 amide bonds. The monoisotopic (exact) mass is 257 g/mol. The molecular weight excluding hydrogens is 241 g/mol. The van der Waals surface area contributed by atoms with E-state index in [0.29, 0.717) is 26.1 Å². The zero-order valence-electron chi connectivity index (χ0n) is 9.82. The maximum atomic E-state index is 13.6. The number of aromatic nitrogens is 2. The first kappa shape index (κ1) is 12.9. The maximum absolute atomic E-state index is 13.6. The average molecular weight is 257 g/mol. The summed E-state index contributed by atoms with van der Waals surface area (Å²) in [5.74, 6) is 4.72. The van der Waals surface area contributed by atoms with E-state index in [1.165, 1.54) is 0 Å². The van der Waals surface area contributed by atoms with Gasteiger partial charge in [0, 0.05) is 13.2 Å². The lowest BCUT2D eigenvalue weighted by atomic mass is 9.91. The molecule has 0 bridgehead atoms. The Morgan fingerprint density at radius 1 is 1.50 bits per heavy atom. The number of hydrogen-bond donors (Lipinski definition) is 4. The molecule has 5 N–H and O–H groups in total. The molecule has 0 aromatic carbocycles. The van der Waals surface area contributed by atoms with Crippen LogP contribution in [-0.4, -0.2) is 40.4 Å². The van der Waals surface area contributed by atoms with E-state index in [2.05, 4.69) is 20.7 Å². The Morgan fingerprint density at radius 2 is 2.22 bits per heavy atom. The highest BCUT2D eigenvalue weighted by Gasteiger charge is 2.33. The van der Waals surface area contributed by atoms with Gasteiger partial charge in [0.2, 0.25) is 5.95 Å². The third-order valence-corrected chi connectivity index (χ3v) is 3.01. The number of aliphatic hydroxyl groups excluding tert-OH is 1. The van der Waals surface area contributed by atoms with Gasteiger partial charge in [0.1, 0.15) is 0 Å². The molecule has 1 aromatic heterocycles. The van der Waals surface area contributed by atoms with E-state index in [1.54, 1.807) is 0 Å². The molecule has 100 valence electrons. The molecule has 0 saturated carbocycles. The highest BCUT2D eigenvalue weighted by molar-refractivity contribution is 5.43. The van der Waals surface area contributed by atoms with Crippen LogP contribution in [-0.2, 0) is 4.74 Å².